The van der Waals surface area contributed by atoms with Gasteiger partial charge in [0.2, 0.25) is 5.91 Å². The number of anilines is 2. The highest BCUT2D eigenvalue weighted by molar-refractivity contribution is 8.00. The van der Waals surface area contributed by atoms with Crippen LogP contribution >= 0.6 is 11.8 Å². The second kappa shape index (κ2) is 9.93. The molecule has 4 aromatic rings. The summed E-state index contributed by atoms with van der Waals surface area (Å²) in [6.07, 6.45) is 0. The van der Waals surface area contributed by atoms with Crippen LogP contribution in [-0.2, 0) is 14.8 Å². The quantitative estimate of drug-likeness (QED) is 0.335. The minimum absolute atomic E-state index is 0.187. The molecule has 1 unspecified atom stereocenters. The van der Waals surface area contributed by atoms with Crippen LogP contribution in [0.5, 0.6) is 0 Å². The van der Waals surface area contributed by atoms with Gasteiger partial charge in [0.1, 0.15) is 11.0 Å². The third-order valence-corrected chi connectivity index (χ3v) is 7.30. The van der Waals surface area contributed by atoms with E-state index in [4.69, 9.17) is 4.52 Å². The van der Waals surface area contributed by atoms with Gasteiger partial charge in [-0.1, -0.05) is 53.7 Å². The van der Waals surface area contributed by atoms with E-state index in [1.807, 2.05) is 30.3 Å². The number of sulfonamides is 1. The van der Waals surface area contributed by atoms with E-state index in [-0.39, 0.29) is 10.8 Å². The summed E-state index contributed by atoms with van der Waals surface area (Å²) in [7, 11) is -3.68. The molecular weight excluding hydrogens is 458 g/mol. The minimum Gasteiger partial charge on any atom is -0.360 e. The molecule has 0 saturated carbocycles. The van der Waals surface area contributed by atoms with Crippen molar-refractivity contribution < 1.29 is 17.7 Å². The van der Waals surface area contributed by atoms with Crippen molar-refractivity contribution in [2.45, 2.75) is 22.0 Å². The van der Waals surface area contributed by atoms with Crippen LogP contribution in [0.1, 0.15) is 16.6 Å². The highest BCUT2D eigenvalue weighted by Gasteiger charge is 2.23. The fraction of sp³-hybridized carbons (Fsp3) is 0.0833. The number of thioether (sulfide) groups is 1. The van der Waals surface area contributed by atoms with Crippen LogP contribution in [0.25, 0.3) is 0 Å². The molecule has 0 fully saturated rings. The average Bonchev–Trinajstić information content (AvgIpc) is 3.23. The van der Waals surface area contributed by atoms with Gasteiger partial charge in [-0.15, -0.1) is 11.8 Å². The van der Waals surface area contributed by atoms with E-state index in [9.17, 15) is 13.2 Å². The Labute approximate surface area is 196 Å². The standard InChI is InChI=1S/C24H21N3O4S2/c1-17-16-22(26-31-17)25-24(28)23(18-8-4-2-5-9-18)32-20-14-12-19(13-15-20)27-33(29,30)21-10-6-3-7-11-21/h2-16,23,27H,1H3,(H,25,26,28). The van der Waals surface area contributed by atoms with Gasteiger partial charge < -0.3 is 9.84 Å². The number of aryl methyl sites for hydroxylation is 1. The number of carbonyl (C=O) groups is 1. The van der Waals surface area contributed by atoms with Crippen molar-refractivity contribution >= 4 is 39.2 Å². The molecule has 0 radical (unpaired) electrons. The summed E-state index contributed by atoms with van der Waals surface area (Å²) in [5.74, 6) is 0.709. The van der Waals surface area contributed by atoms with Crippen LogP contribution in [0.4, 0.5) is 11.5 Å². The second-order valence-corrected chi connectivity index (χ2v) is 10.0. The third-order valence-electron chi connectivity index (χ3n) is 4.63. The molecule has 1 amide bonds. The molecule has 1 aromatic heterocycles. The Morgan fingerprint density at radius 1 is 0.939 bits per heavy atom. The Hall–Kier alpha value is -3.56. The SMILES string of the molecule is Cc1cc(NC(=O)C(Sc2ccc(NS(=O)(=O)c3ccccc3)cc2)c2ccccc2)no1. The largest absolute Gasteiger partial charge is 0.360 e. The minimum atomic E-state index is -3.68. The van der Waals surface area contributed by atoms with Crippen molar-refractivity contribution in [1.82, 2.24) is 5.16 Å². The smallest absolute Gasteiger partial charge is 0.261 e. The Balaban J connectivity index is 1.51. The Bertz CT molecular complexity index is 1320. The van der Waals surface area contributed by atoms with Gasteiger partial charge in [0.25, 0.3) is 10.0 Å². The highest BCUT2D eigenvalue weighted by atomic mass is 32.2. The molecule has 33 heavy (non-hydrogen) atoms. The van der Waals surface area contributed by atoms with Gasteiger partial charge in [-0.3, -0.25) is 9.52 Å². The van der Waals surface area contributed by atoms with Gasteiger partial charge in [0.05, 0.1) is 4.90 Å². The second-order valence-electron chi connectivity index (χ2n) is 7.16. The van der Waals surface area contributed by atoms with E-state index in [0.717, 1.165) is 10.5 Å². The van der Waals surface area contributed by atoms with Crippen molar-refractivity contribution in [1.29, 1.82) is 0 Å². The molecule has 9 heteroatoms. The number of hydrogen-bond donors (Lipinski definition) is 2. The molecule has 7 nitrogen and oxygen atoms in total. The molecule has 0 aliphatic heterocycles. The topological polar surface area (TPSA) is 101 Å². The Morgan fingerprint density at radius 2 is 1.58 bits per heavy atom. The lowest BCUT2D eigenvalue weighted by atomic mass is 10.1. The van der Waals surface area contributed by atoms with E-state index in [1.54, 1.807) is 55.5 Å². The molecule has 0 aliphatic carbocycles. The number of benzene rings is 3. The summed E-state index contributed by atoms with van der Waals surface area (Å²) < 4.78 is 32.7. The van der Waals surface area contributed by atoms with Gasteiger partial charge in [-0.25, -0.2) is 8.42 Å². The summed E-state index contributed by atoms with van der Waals surface area (Å²) >= 11 is 1.35. The molecule has 0 saturated heterocycles. The molecule has 1 atom stereocenters. The fourth-order valence-corrected chi connectivity index (χ4v) is 5.17. The number of aromatic nitrogens is 1. The van der Waals surface area contributed by atoms with Gasteiger partial charge in [0, 0.05) is 16.6 Å². The lowest BCUT2D eigenvalue weighted by molar-refractivity contribution is -0.115. The highest BCUT2D eigenvalue weighted by Crippen LogP contribution is 2.36. The first kappa shape index (κ1) is 22.6. The van der Waals surface area contributed by atoms with Crippen molar-refractivity contribution in [3.8, 4) is 0 Å². The summed E-state index contributed by atoms with van der Waals surface area (Å²) in [6.45, 7) is 1.75. The number of rotatable bonds is 8. The summed E-state index contributed by atoms with van der Waals surface area (Å²) in [6, 6.07) is 26.1. The van der Waals surface area contributed by atoms with Crippen LogP contribution in [0.2, 0.25) is 0 Å². The Kier molecular flexibility index (Phi) is 6.81. The fourth-order valence-electron chi connectivity index (χ4n) is 3.07. The van der Waals surface area contributed by atoms with E-state index in [2.05, 4.69) is 15.2 Å². The van der Waals surface area contributed by atoms with Gasteiger partial charge in [-0.2, -0.15) is 0 Å². The summed E-state index contributed by atoms with van der Waals surface area (Å²) in [4.78, 5) is 14.0. The molecule has 0 bridgehead atoms. The number of hydrogen-bond acceptors (Lipinski definition) is 6. The Morgan fingerprint density at radius 3 is 2.18 bits per heavy atom. The maximum Gasteiger partial charge on any atom is 0.261 e. The summed E-state index contributed by atoms with van der Waals surface area (Å²) in [5.41, 5.74) is 1.26. The zero-order valence-electron chi connectivity index (χ0n) is 17.6. The predicted octanol–water partition coefficient (Wildman–Crippen LogP) is 5.26. The number of amides is 1. The molecule has 1 heterocycles. The number of carbonyl (C=O) groups excluding carboxylic acids is 1. The average molecular weight is 480 g/mol. The van der Waals surface area contributed by atoms with E-state index in [1.165, 1.54) is 23.9 Å². The van der Waals surface area contributed by atoms with Crippen molar-refractivity contribution in [3.05, 3.63) is 102 Å². The van der Waals surface area contributed by atoms with Gasteiger partial charge in [-0.05, 0) is 48.9 Å². The zero-order valence-corrected chi connectivity index (χ0v) is 19.3. The van der Waals surface area contributed by atoms with E-state index >= 15 is 0 Å². The maximum atomic E-state index is 13.0. The first-order valence-corrected chi connectivity index (χ1v) is 12.4. The van der Waals surface area contributed by atoms with Gasteiger partial charge >= 0.3 is 0 Å². The van der Waals surface area contributed by atoms with Gasteiger partial charge in [0.15, 0.2) is 5.82 Å². The van der Waals surface area contributed by atoms with E-state index in [0.29, 0.717) is 17.3 Å². The van der Waals surface area contributed by atoms with Crippen LogP contribution in [-0.4, -0.2) is 19.5 Å². The third kappa shape index (κ3) is 5.82. The zero-order chi connectivity index (χ0) is 23.3. The van der Waals surface area contributed by atoms with Crippen LogP contribution in [0.3, 0.4) is 0 Å². The van der Waals surface area contributed by atoms with Crippen molar-refractivity contribution in [2.75, 3.05) is 10.0 Å². The molecule has 168 valence electrons. The van der Waals surface area contributed by atoms with Crippen LogP contribution in [0.15, 0.2) is 105 Å². The van der Waals surface area contributed by atoms with Crippen molar-refractivity contribution in [2.24, 2.45) is 0 Å². The van der Waals surface area contributed by atoms with Crippen molar-refractivity contribution in [3.63, 3.8) is 0 Å². The molecule has 3 aromatic carbocycles. The summed E-state index contributed by atoms with van der Waals surface area (Å²) in [5, 5.41) is 6.07. The number of nitrogens with one attached hydrogen (secondary N) is 2. The lowest BCUT2D eigenvalue weighted by Gasteiger charge is -2.16. The molecule has 0 spiro atoms. The monoisotopic (exact) mass is 479 g/mol. The van der Waals surface area contributed by atoms with Crippen LogP contribution in [0, 0.1) is 6.92 Å². The lowest BCUT2D eigenvalue weighted by Crippen LogP contribution is -2.19. The molecule has 0 aliphatic rings. The molecule has 4 rings (SSSR count). The first-order chi connectivity index (χ1) is 15.9. The first-order valence-electron chi connectivity index (χ1n) is 10.0. The normalized spacial score (nSPS) is 12.2. The predicted molar refractivity (Wildman–Crippen MR) is 129 cm³/mol. The van der Waals surface area contributed by atoms with E-state index < -0.39 is 15.3 Å². The maximum absolute atomic E-state index is 13.0. The molecular formula is C24H21N3O4S2. The van der Waals surface area contributed by atoms with Crippen LogP contribution < -0.4 is 10.0 Å². The number of nitrogens with zero attached hydrogens (tertiary/aromatic N) is 1. The molecule has 2 N–H and O–H groups in total.